The maximum Gasteiger partial charge on any atom is 0.408 e. The molecule has 14 nitrogen and oxygen atoms in total. The highest BCUT2D eigenvalue weighted by molar-refractivity contribution is 6.36. The fourth-order valence-electron chi connectivity index (χ4n) is 7.96. The van der Waals surface area contributed by atoms with Crippen molar-refractivity contribution in [3.8, 4) is 11.5 Å². The number of alkyl carbamates (subject to hydrolysis) is 1. The number of nitrogens with zero attached hydrogens (tertiary/aromatic N) is 3. The molecule has 0 radical (unpaired) electrons. The number of benzene rings is 1. The van der Waals surface area contributed by atoms with Crippen LogP contribution in [0.25, 0.3) is 17.0 Å². The lowest BCUT2D eigenvalue weighted by molar-refractivity contribution is -0.139. The first kappa shape index (κ1) is 41.2. The lowest BCUT2D eigenvalue weighted by atomic mass is 10.0. The van der Waals surface area contributed by atoms with Gasteiger partial charge in [0.05, 0.1) is 36.9 Å². The van der Waals surface area contributed by atoms with Gasteiger partial charge in [0.25, 0.3) is 0 Å². The molecule has 2 aromatic rings. The molecule has 56 heavy (non-hydrogen) atoms. The van der Waals surface area contributed by atoms with Crippen LogP contribution in [0.1, 0.15) is 71.4 Å². The number of aliphatic carboxylic acids is 1. The molecule has 2 saturated carbocycles. The van der Waals surface area contributed by atoms with E-state index in [1.165, 1.54) is 4.90 Å². The second-order valence-corrected chi connectivity index (χ2v) is 16.2. The van der Waals surface area contributed by atoms with Gasteiger partial charge in [0.1, 0.15) is 47.4 Å². The summed E-state index contributed by atoms with van der Waals surface area (Å²) in [4.78, 5) is 60.2. The number of halogens is 1. The second-order valence-electron chi connectivity index (χ2n) is 15.8. The number of fused-ring (bicyclic) bond motifs is 1. The van der Waals surface area contributed by atoms with Crippen LogP contribution in [0.15, 0.2) is 35.9 Å². The van der Waals surface area contributed by atoms with Crippen molar-refractivity contribution in [2.24, 2.45) is 23.5 Å². The number of likely N-dealkylation sites (tertiary alicyclic amines) is 1. The van der Waals surface area contributed by atoms with Gasteiger partial charge in [0.15, 0.2) is 0 Å². The normalized spacial score (nSPS) is 25.4. The highest BCUT2D eigenvalue weighted by atomic mass is 35.5. The fourth-order valence-corrected chi connectivity index (χ4v) is 8.22. The van der Waals surface area contributed by atoms with Crippen LogP contribution in [0.3, 0.4) is 0 Å². The maximum absolute atomic E-state index is 14.3. The van der Waals surface area contributed by atoms with Gasteiger partial charge >= 0.3 is 12.1 Å². The summed E-state index contributed by atoms with van der Waals surface area (Å²) in [5, 5.41) is 13.1. The van der Waals surface area contributed by atoms with Gasteiger partial charge in [-0.1, -0.05) is 42.7 Å². The first-order chi connectivity index (χ1) is 26.8. The predicted octanol–water partition coefficient (Wildman–Crippen LogP) is 5.20. The molecule has 0 spiro atoms. The number of carboxylic acids is 1. The van der Waals surface area contributed by atoms with E-state index < -0.39 is 42.1 Å². The van der Waals surface area contributed by atoms with Crippen LogP contribution < -0.4 is 20.5 Å². The van der Waals surface area contributed by atoms with Crippen molar-refractivity contribution in [1.29, 1.82) is 0 Å². The molecule has 3 heterocycles. The van der Waals surface area contributed by atoms with Crippen LogP contribution in [0.4, 0.5) is 4.79 Å². The molecule has 0 bridgehead atoms. The maximum atomic E-state index is 14.3. The molecule has 304 valence electrons. The van der Waals surface area contributed by atoms with Crippen molar-refractivity contribution in [2.45, 2.75) is 90.0 Å². The summed E-state index contributed by atoms with van der Waals surface area (Å²) in [6.45, 7) is 14.3. The average Bonchev–Trinajstić information content (AvgIpc) is 3.70. The molecule has 2 aliphatic heterocycles. The van der Waals surface area contributed by atoms with E-state index in [0.29, 0.717) is 85.0 Å². The van der Waals surface area contributed by atoms with Crippen molar-refractivity contribution in [3.63, 3.8) is 0 Å². The molecule has 7 atom stereocenters. The van der Waals surface area contributed by atoms with Crippen molar-refractivity contribution in [2.75, 3.05) is 46.0 Å². The molecule has 3 amide bonds. The number of hydrogen-bond donors (Lipinski definition) is 3. The molecular formula is C41H54ClN5O9. The molecule has 1 aromatic heterocycles. The largest absolute Gasteiger partial charge is 0.491 e. The minimum atomic E-state index is -1.03. The quantitative estimate of drug-likeness (QED) is 0.190. The second kappa shape index (κ2) is 18.2. The van der Waals surface area contributed by atoms with Gasteiger partial charge in [-0.3, -0.25) is 19.3 Å². The summed E-state index contributed by atoms with van der Waals surface area (Å²) < 4.78 is 23.8. The minimum absolute atomic E-state index is 0.0294. The zero-order chi connectivity index (χ0) is 40.1. The summed E-state index contributed by atoms with van der Waals surface area (Å²) in [6.07, 6.45) is 3.42. The number of carbonyl (C=O) groups excluding carboxylic acids is 3. The molecule has 1 aromatic carbocycles. The monoisotopic (exact) mass is 795 g/mol. The number of amides is 3. The van der Waals surface area contributed by atoms with Crippen molar-refractivity contribution >= 4 is 52.5 Å². The molecule has 2 aliphatic carbocycles. The predicted molar refractivity (Wildman–Crippen MR) is 210 cm³/mol. The lowest BCUT2D eigenvalue weighted by Gasteiger charge is -2.28. The van der Waals surface area contributed by atoms with E-state index in [2.05, 4.69) is 16.8 Å². The summed E-state index contributed by atoms with van der Waals surface area (Å²) in [5.74, 6) is -1.18. The van der Waals surface area contributed by atoms with Crippen LogP contribution in [-0.4, -0.2) is 114 Å². The third-order valence-corrected chi connectivity index (χ3v) is 11.6. The SMILES string of the molecule is C=C1C[C@H](OC(=O)N[C@@H](CCC[C@@H]2C[C@@H]2C(=O)O)C(=O)N2CC(Oc3cc(C=C(C)C)nc4c(Cl)c(OCCN5CCOCC5)ccc34)C[C@H]2C(N)=O)C[C@@H]1C. The van der Waals surface area contributed by atoms with Gasteiger partial charge < -0.3 is 40.0 Å². The number of pyridine rings is 1. The van der Waals surface area contributed by atoms with E-state index in [1.807, 2.05) is 32.9 Å². The number of aromatic nitrogens is 1. The Kier molecular flexibility index (Phi) is 13.4. The Balaban J connectivity index is 1.18. The Bertz CT molecular complexity index is 1840. The Morgan fingerprint density at radius 3 is 2.57 bits per heavy atom. The lowest BCUT2D eigenvalue weighted by Crippen LogP contribution is -2.53. The molecule has 4 aliphatic rings. The van der Waals surface area contributed by atoms with Crippen molar-refractivity contribution in [1.82, 2.24) is 20.1 Å². The number of ether oxygens (including phenoxy) is 4. The van der Waals surface area contributed by atoms with E-state index in [4.69, 9.17) is 41.3 Å². The first-order valence-corrected chi connectivity index (χ1v) is 20.0. The topological polar surface area (TPSA) is 183 Å². The summed E-state index contributed by atoms with van der Waals surface area (Å²) in [5.41, 5.74) is 8.99. The van der Waals surface area contributed by atoms with E-state index in [-0.39, 0.29) is 43.2 Å². The van der Waals surface area contributed by atoms with Gasteiger partial charge in [0.2, 0.25) is 11.8 Å². The minimum Gasteiger partial charge on any atom is -0.491 e. The van der Waals surface area contributed by atoms with Gasteiger partial charge in [-0.05, 0) is 69.6 Å². The number of primary amides is 1. The number of allylic oxidation sites excluding steroid dienone is 1. The number of morpholine rings is 1. The third kappa shape index (κ3) is 10.3. The number of hydrogen-bond acceptors (Lipinski definition) is 10. The van der Waals surface area contributed by atoms with E-state index in [1.54, 1.807) is 12.1 Å². The number of nitrogens with two attached hydrogens (primary N) is 1. The van der Waals surface area contributed by atoms with E-state index in [0.717, 1.165) is 30.8 Å². The summed E-state index contributed by atoms with van der Waals surface area (Å²) in [7, 11) is 0. The highest BCUT2D eigenvalue weighted by Gasteiger charge is 2.44. The van der Waals surface area contributed by atoms with Gasteiger partial charge in [-0.15, -0.1) is 0 Å². The average molecular weight is 796 g/mol. The Hall–Kier alpha value is -4.40. The molecule has 4 N–H and O–H groups in total. The van der Waals surface area contributed by atoms with E-state index in [9.17, 15) is 24.3 Å². The van der Waals surface area contributed by atoms with Crippen molar-refractivity contribution < 1.29 is 43.2 Å². The van der Waals surface area contributed by atoms with Gasteiger partial charge in [-0.2, -0.15) is 0 Å². The molecule has 1 unspecified atom stereocenters. The summed E-state index contributed by atoms with van der Waals surface area (Å²) in [6, 6.07) is 3.40. The Labute approximate surface area is 332 Å². The fraction of sp³-hybridized carbons (Fsp3) is 0.585. The third-order valence-electron chi connectivity index (χ3n) is 11.2. The number of carboxylic acid groups (broad SMARTS) is 1. The molecule has 6 rings (SSSR count). The molecule has 2 saturated heterocycles. The van der Waals surface area contributed by atoms with Crippen LogP contribution in [0.2, 0.25) is 5.02 Å². The number of rotatable bonds is 16. The van der Waals surface area contributed by atoms with Gasteiger partial charge in [-0.25, -0.2) is 9.78 Å². The first-order valence-electron chi connectivity index (χ1n) is 19.6. The van der Waals surface area contributed by atoms with Crippen LogP contribution in [-0.2, 0) is 23.9 Å². The molecular weight excluding hydrogens is 742 g/mol. The number of carbonyl (C=O) groups is 4. The molecule has 4 fully saturated rings. The molecule has 15 heteroatoms. The Morgan fingerprint density at radius 2 is 1.91 bits per heavy atom. The van der Waals surface area contributed by atoms with Crippen molar-refractivity contribution in [3.05, 3.63) is 46.6 Å². The zero-order valence-corrected chi connectivity index (χ0v) is 33.2. The van der Waals surface area contributed by atoms with Gasteiger partial charge in [0, 0.05) is 43.9 Å². The smallest absolute Gasteiger partial charge is 0.408 e. The highest BCUT2D eigenvalue weighted by Crippen LogP contribution is 2.43. The van der Waals surface area contributed by atoms with Crippen LogP contribution in [0.5, 0.6) is 11.5 Å². The van der Waals surface area contributed by atoms with E-state index >= 15 is 0 Å². The standard InChI is InChI=1S/C41H54ClN5O9/c1-23(2)16-27-20-35(30-8-9-34(36(42)37(30)44-27)54-15-12-46-10-13-53-14-11-46)55-29-21-33(38(43)48)47(22-29)39(49)32(7-5-6-26-19-31(26)40(50)51)45-41(52)56-28-17-24(3)25(4)18-28/h8-9,16,20,25-26,28-29,31-33H,3,5-7,10-15,17-19,21-22H2,1-2,4H3,(H2,43,48)(H,45,52)(H,50,51)/t25-,26+,28-,29?,31-,32-,33-/m0/s1. The number of nitrogens with one attached hydrogen (secondary N) is 1. The van der Waals surface area contributed by atoms with Crippen LogP contribution >= 0.6 is 11.6 Å². The van der Waals surface area contributed by atoms with Crippen LogP contribution in [0, 0.1) is 17.8 Å². The zero-order valence-electron chi connectivity index (χ0n) is 32.5. The summed E-state index contributed by atoms with van der Waals surface area (Å²) >= 11 is 6.93. The Morgan fingerprint density at radius 1 is 1.14 bits per heavy atom.